The lowest BCUT2D eigenvalue weighted by Crippen LogP contribution is -2.02. The first-order valence-corrected chi connectivity index (χ1v) is 8.70. The van der Waals surface area contributed by atoms with Crippen LogP contribution in [0.3, 0.4) is 0 Å². The van der Waals surface area contributed by atoms with Gasteiger partial charge < -0.3 is 0 Å². The van der Waals surface area contributed by atoms with Crippen molar-refractivity contribution in [2.24, 2.45) is 0 Å². The second kappa shape index (κ2) is 5.53. The number of aryl methyl sites for hydroxylation is 4. The minimum Gasteiger partial charge on any atom is -0.281 e. The van der Waals surface area contributed by atoms with Crippen LogP contribution in [0.25, 0.3) is 27.3 Å². The van der Waals surface area contributed by atoms with Crippen molar-refractivity contribution in [2.75, 3.05) is 0 Å². The van der Waals surface area contributed by atoms with Gasteiger partial charge in [0.25, 0.3) is 0 Å². The number of hydrogen-bond donors (Lipinski definition) is 0. The Labute approximate surface area is 144 Å². The molecule has 0 aliphatic rings. The highest BCUT2D eigenvalue weighted by Crippen LogP contribution is 2.30. The molecule has 5 heteroatoms. The van der Waals surface area contributed by atoms with Gasteiger partial charge in [0.1, 0.15) is 6.33 Å². The van der Waals surface area contributed by atoms with Crippen molar-refractivity contribution in [3.63, 3.8) is 0 Å². The molecule has 4 nitrogen and oxygen atoms in total. The summed E-state index contributed by atoms with van der Waals surface area (Å²) in [6, 6.07) is 10.7. The van der Waals surface area contributed by atoms with Crippen molar-refractivity contribution in [3.05, 3.63) is 58.4 Å². The number of fused-ring (bicyclic) bond motifs is 1. The third-order valence-corrected chi connectivity index (χ3v) is 5.11. The van der Waals surface area contributed by atoms with Crippen molar-refractivity contribution in [2.45, 2.75) is 27.7 Å². The van der Waals surface area contributed by atoms with Gasteiger partial charge in [0.15, 0.2) is 5.82 Å². The monoisotopic (exact) mass is 334 g/mol. The van der Waals surface area contributed by atoms with Crippen LogP contribution >= 0.6 is 11.3 Å². The predicted octanol–water partition coefficient (Wildman–Crippen LogP) is 4.78. The maximum Gasteiger partial charge on any atom is 0.168 e. The lowest BCUT2D eigenvalue weighted by molar-refractivity contribution is 1.02. The molecule has 2 aromatic heterocycles. The van der Waals surface area contributed by atoms with Gasteiger partial charge in [-0.15, -0.1) is 21.5 Å². The molecular weight excluding hydrogens is 316 g/mol. The topological polar surface area (TPSA) is 43.6 Å². The Kier molecular flexibility index (Phi) is 3.46. The summed E-state index contributed by atoms with van der Waals surface area (Å²) in [5.41, 5.74) is 6.97. The summed E-state index contributed by atoms with van der Waals surface area (Å²) in [6.45, 7) is 8.42. The zero-order valence-corrected chi connectivity index (χ0v) is 15.0. The summed E-state index contributed by atoms with van der Waals surface area (Å²) in [7, 11) is 0. The van der Waals surface area contributed by atoms with Gasteiger partial charge in [-0.25, -0.2) is 4.98 Å². The normalized spacial score (nSPS) is 11.3. The van der Waals surface area contributed by atoms with Crippen LogP contribution in [0.4, 0.5) is 0 Å². The average Bonchev–Trinajstić information content (AvgIpc) is 3.10. The number of rotatable bonds is 2. The van der Waals surface area contributed by atoms with Crippen molar-refractivity contribution < 1.29 is 0 Å². The molecule has 0 unspecified atom stereocenters. The number of thiazole rings is 1. The molecule has 0 aliphatic heterocycles. The second-order valence-corrected chi connectivity index (χ2v) is 7.42. The van der Waals surface area contributed by atoms with Crippen LogP contribution in [0, 0.1) is 27.7 Å². The third-order valence-electron chi connectivity index (χ3n) is 4.18. The van der Waals surface area contributed by atoms with E-state index in [1.54, 1.807) is 17.7 Å². The molecule has 0 spiro atoms. The molecule has 0 bridgehead atoms. The zero-order valence-electron chi connectivity index (χ0n) is 14.2. The molecule has 4 rings (SSSR count). The van der Waals surface area contributed by atoms with E-state index in [0.29, 0.717) is 0 Å². The van der Waals surface area contributed by atoms with Gasteiger partial charge in [-0.2, -0.15) is 0 Å². The summed E-state index contributed by atoms with van der Waals surface area (Å²) >= 11 is 1.70. The minimum absolute atomic E-state index is 0.859. The standard InChI is InChI=1S/C19H18N4S/c1-11-7-12(2)18(13(3)8-11)23-10-20-22-19(23)15-5-6-16-17(9-15)24-14(4)21-16/h5-10H,1-4H3. The fraction of sp³-hybridized carbons (Fsp3) is 0.211. The van der Waals surface area contributed by atoms with Crippen molar-refractivity contribution in [1.82, 2.24) is 19.7 Å². The van der Waals surface area contributed by atoms with E-state index in [9.17, 15) is 0 Å². The van der Waals surface area contributed by atoms with Gasteiger partial charge in [-0.3, -0.25) is 4.57 Å². The van der Waals surface area contributed by atoms with Gasteiger partial charge in [0.05, 0.1) is 20.9 Å². The number of benzene rings is 2. The average molecular weight is 334 g/mol. The van der Waals surface area contributed by atoms with Crippen molar-refractivity contribution >= 4 is 21.6 Å². The molecule has 0 aliphatic carbocycles. The van der Waals surface area contributed by atoms with Crippen molar-refractivity contribution in [1.29, 1.82) is 0 Å². The Balaban J connectivity index is 1.91. The summed E-state index contributed by atoms with van der Waals surface area (Å²) in [4.78, 5) is 4.53. The van der Waals surface area contributed by atoms with E-state index >= 15 is 0 Å². The van der Waals surface area contributed by atoms with Gasteiger partial charge in [0.2, 0.25) is 0 Å². The van der Waals surface area contributed by atoms with E-state index in [1.165, 1.54) is 21.4 Å². The lowest BCUT2D eigenvalue weighted by atomic mass is 10.0. The Hall–Kier alpha value is -2.53. The van der Waals surface area contributed by atoms with Crippen LogP contribution in [0.2, 0.25) is 0 Å². The second-order valence-electron chi connectivity index (χ2n) is 6.19. The molecular formula is C19H18N4S. The summed E-state index contributed by atoms with van der Waals surface area (Å²) in [5, 5.41) is 9.62. The molecule has 0 atom stereocenters. The predicted molar refractivity (Wildman–Crippen MR) is 98.9 cm³/mol. The van der Waals surface area contributed by atoms with Crippen LogP contribution in [0.5, 0.6) is 0 Å². The highest BCUT2D eigenvalue weighted by molar-refractivity contribution is 7.18. The number of hydrogen-bond acceptors (Lipinski definition) is 4. The maximum atomic E-state index is 4.53. The van der Waals surface area contributed by atoms with E-state index in [0.717, 1.165) is 27.6 Å². The molecule has 2 heterocycles. The van der Waals surface area contributed by atoms with Crippen molar-refractivity contribution in [3.8, 4) is 17.1 Å². The Bertz CT molecular complexity index is 1040. The fourth-order valence-electron chi connectivity index (χ4n) is 3.33. The minimum atomic E-state index is 0.859. The molecule has 0 N–H and O–H groups in total. The molecule has 0 radical (unpaired) electrons. The first-order valence-electron chi connectivity index (χ1n) is 7.89. The van der Waals surface area contributed by atoms with Crippen LogP contribution < -0.4 is 0 Å². The Morgan fingerprint density at radius 3 is 2.46 bits per heavy atom. The Morgan fingerprint density at radius 2 is 1.71 bits per heavy atom. The van der Waals surface area contributed by atoms with E-state index in [2.05, 4.69) is 70.9 Å². The first kappa shape index (κ1) is 15.0. The third kappa shape index (κ3) is 2.41. The largest absolute Gasteiger partial charge is 0.281 e. The molecule has 2 aromatic carbocycles. The summed E-state index contributed by atoms with van der Waals surface area (Å²) in [6.07, 6.45) is 1.79. The molecule has 24 heavy (non-hydrogen) atoms. The van der Waals surface area contributed by atoms with Crippen LogP contribution in [-0.4, -0.2) is 19.7 Å². The number of aromatic nitrogens is 4. The van der Waals surface area contributed by atoms with E-state index in [1.807, 2.05) is 6.92 Å². The first-order chi connectivity index (χ1) is 11.5. The Morgan fingerprint density at radius 1 is 0.958 bits per heavy atom. The molecule has 0 amide bonds. The van der Waals surface area contributed by atoms with Gasteiger partial charge in [-0.05, 0) is 57.0 Å². The lowest BCUT2D eigenvalue weighted by Gasteiger charge is -2.14. The SMILES string of the molecule is Cc1cc(C)c(-n2cnnc2-c2ccc3nc(C)sc3c2)c(C)c1. The van der Waals surface area contributed by atoms with Crippen LogP contribution in [0.15, 0.2) is 36.7 Å². The molecule has 0 saturated heterocycles. The van der Waals surface area contributed by atoms with E-state index < -0.39 is 0 Å². The van der Waals surface area contributed by atoms with E-state index in [4.69, 9.17) is 0 Å². The highest BCUT2D eigenvalue weighted by atomic mass is 32.1. The zero-order chi connectivity index (χ0) is 16.8. The summed E-state index contributed by atoms with van der Waals surface area (Å²) in [5.74, 6) is 0.859. The highest BCUT2D eigenvalue weighted by Gasteiger charge is 2.14. The van der Waals surface area contributed by atoms with E-state index in [-0.39, 0.29) is 0 Å². The van der Waals surface area contributed by atoms with Gasteiger partial charge in [0, 0.05) is 5.56 Å². The van der Waals surface area contributed by atoms with Crippen LogP contribution in [-0.2, 0) is 0 Å². The fourth-order valence-corrected chi connectivity index (χ4v) is 4.19. The molecule has 0 saturated carbocycles. The maximum absolute atomic E-state index is 4.53. The van der Waals surface area contributed by atoms with Crippen LogP contribution in [0.1, 0.15) is 21.7 Å². The van der Waals surface area contributed by atoms with Gasteiger partial charge >= 0.3 is 0 Å². The summed E-state index contributed by atoms with van der Waals surface area (Å²) < 4.78 is 3.26. The molecule has 120 valence electrons. The molecule has 0 fully saturated rings. The number of nitrogens with zero attached hydrogens (tertiary/aromatic N) is 4. The van der Waals surface area contributed by atoms with Gasteiger partial charge in [-0.1, -0.05) is 17.7 Å². The smallest absolute Gasteiger partial charge is 0.168 e. The quantitative estimate of drug-likeness (QED) is 0.530. The molecule has 4 aromatic rings.